The van der Waals surface area contributed by atoms with E-state index < -0.39 is 0 Å². The monoisotopic (exact) mass is 937 g/mol. The molecular formula is C57H112N2O7. The Balaban J connectivity index is 4.98. The van der Waals surface area contributed by atoms with E-state index in [0.29, 0.717) is 19.4 Å². The number of carbonyl (C=O) groups is 3. The molecule has 0 aromatic rings. The summed E-state index contributed by atoms with van der Waals surface area (Å²) in [4.78, 5) is 43.4. The van der Waals surface area contributed by atoms with Crippen LogP contribution >= 0.6 is 0 Å². The molecule has 0 atom stereocenters. The summed E-state index contributed by atoms with van der Waals surface area (Å²) >= 11 is 0. The van der Waals surface area contributed by atoms with Gasteiger partial charge >= 0.3 is 18.0 Å². The minimum Gasteiger partial charge on any atom is -0.462 e. The van der Waals surface area contributed by atoms with Crippen LogP contribution in [0.5, 0.6) is 0 Å². The van der Waals surface area contributed by atoms with Crippen molar-refractivity contribution < 1.29 is 33.3 Å². The minimum atomic E-state index is -0.155. The molecule has 392 valence electrons. The SMILES string of the molecule is CCCCCCC(CCCCCC)OC(=O)CCCCCCCCC(CCCCCCCCC(=O)OC(CCCCCC)CCCCCC)OC(=O)N(CCCCCOC)CCCN(C)C. The highest BCUT2D eigenvalue weighted by atomic mass is 16.6. The molecule has 0 heterocycles. The Bertz CT molecular complexity index is 976. The molecule has 0 N–H and O–H groups in total. The number of amides is 1. The normalized spacial score (nSPS) is 11.7. The number of ether oxygens (including phenoxy) is 4. The Morgan fingerprint density at radius 3 is 1.05 bits per heavy atom. The molecule has 0 radical (unpaired) electrons. The fourth-order valence-corrected chi connectivity index (χ4v) is 8.98. The van der Waals surface area contributed by atoms with Gasteiger partial charge < -0.3 is 28.7 Å². The van der Waals surface area contributed by atoms with E-state index in [4.69, 9.17) is 18.9 Å². The Hall–Kier alpha value is -1.87. The van der Waals surface area contributed by atoms with Crippen LogP contribution < -0.4 is 0 Å². The van der Waals surface area contributed by atoms with Gasteiger partial charge in [0.1, 0.15) is 18.3 Å². The number of hydrogen-bond acceptors (Lipinski definition) is 8. The van der Waals surface area contributed by atoms with E-state index >= 15 is 0 Å². The van der Waals surface area contributed by atoms with Gasteiger partial charge in [0.25, 0.3) is 0 Å². The smallest absolute Gasteiger partial charge is 0.410 e. The first kappa shape index (κ1) is 64.1. The highest BCUT2D eigenvalue weighted by Gasteiger charge is 2.21. The van der Waals surface area contributed by atoms with Gasteiger partial charge in [-0.25, -0.2) is 4.79 Å². The van der Waals surface area contributed by atoms with Crippen LogP contribution in [0.4, 0.5) is 4.79 Å². The molecule has 0 saturated heterocycles. The largest absolute Gasteiger partial charge is 0.462 e. The molecule has 0 aliphatic rings. The number of nitrogens with zero attached hydrogens (tertiary/aromatic N) is 2. The first-order chi connectivity index (χ1) is 32.2. The minimum absolute atomic E-state index is 0.00799. The maximum atomic E-state index is 13.7. The van der Waals surface area contributed by atoms with Crippen molar-refractivity contribution in [3.63, 3.8) is 0 Å². The predicted octanol–water partition coefficient (Wildman–Crippen LogP) is 16.5. The van der Waals surface area contributed by atoms with Gasteiger partial charge in [-0.15, -0.1) is 0 Å². The molecule has 0 aliphatic heterocycles. The Morgan fingerprint density at radius 1 is 0.364 bits per heavy atom. The molecular weight excluding hydrogens is 825 g/mol. The number of unbranched alkanes of at least 4 members (excludes halogenated alkanes) is 24. The van der Waals surface area contributed by atoms with Gasteiger partial charge in [0.05, 0.1) is 0 Å². The second-order valence-electron chi connectivity index (χ2n) is 20.1. The number of methoxy groups -OCH3 is 1. The van der Waals surface area contributed by atoms with Gasteiger partial charge in [-0.05, 0) is 136 Å². The highest BCUT2D eigenvalue weighted by molar-refractivity contribution is 5.70. The van der Waals surface area contributed by atoms with Gasteiger partial charge in [-0.3, -0.25) is 9.59 Å². The Labute approximate surface area is 410 Å². The molecule has 1 amide bonds. The molecule has 66 heavy (non-hydrogen) atoms. The molecule has 0 rings (SSSR count). The lowest BCUT2D eigenvalue weighted by Gasteiger charge is -2.26. The van der Waals surface area contributed by atoms with Crippen LogP contribution in [0, 0.1) is 0 Å². The Morgan fingerprint density at radius 2 is 0.682 bits per heavy atom. The van der Waals surface area contributed by atoms with Crippen LogP contribution in [0.15, 0.2) is 0 Å². The predicted molar refractivity (Wildman–Crippen MR) is 279 cm³/mol. The van der Waals surface area contributed by atoms with E-state index in [0.717, 1.165) is 187 Å². The second-order valence-corrected chi connectivity index (χ2v) is 20.1. The summed E-state index contributed by atoms with van der Waals surface area (Å²) in [7, 11) is 5.90. The van der Waals surface area contributed by atoms with Gasteiger partial charge in [-0.1, -0.05) is 156 Å². The van der Waals surface area contributed by atoms with Crippen molar-refractivity contribution in [1.82, 2.24) is 9.80 Å². The second kappa shape index (κ2) is 49.5. The van der Waals surface area contributed by atoms with Gasteiger partial charge in [0, 0.05) is 39.6 Å². The molecule has 0 spiro atoms. The lowest BCUT2D eigenvalue weighted by atomic mass is 10.0. The Kier molecular flexibility index (Phi) is 48.1. The van der Waals surface area contributed by atoms with Crippen LogP contribution in [-0.4, -0.2) is 93.6 Å². The zero-order valence-corrected chi connectivity index (χ0v) is 45.1. The first-order valence-electron chi connectivity index (χ1n) is 28.7. The fourth-order valence-electron chi connectivity index (χ4n) is 8.98. The van der Waals surface area contributed by atoms with Gasteiger partial charge in [0.2, 0.25) is 0 Å². The third kappa shape index (κ3) is 43.4. The summed E-state index contributed by atoms with van der Waals surface area (Å²) in [5, 5.41) is 0. The first-order valence-corrected chi connectivity index (χ1v) is 28.7. The lowest BCUT2D eigenvalue weighted by molar-refractivity contribution is -0.151. The van der Waals surface area contributed by atoms with Gasteiger partial charge in [0.15, 0.2) is 0 Å². The van der Waals surface area contributed by atoms with E-state index in [1.165, 1.54) is 77.0 Å². The van der Waals surface area contributed by atoms with E-state index in [1.54, 1.807) is 7.11 Å². The van der Waals surface area contributed by atoms with Crippen molar-refractivity contribution in [2.45, 2.75) is 303 Å². The van der Waals surface area contributed by atoms with Crippen LogP contribution in [0.25, 0.3) is 0 Å². The van der Waals surface area contributed by atoms with Crippen LogP contribution in [-0.2, 0) is 28.5 Å². The maximum absolute atomic E-state index is 13.7. The zero-order valence-electron chi connectivity index (χ0n) is 45.1. The van der Waals surface area contributed by atoms with Gasteiger partial charge in [-0.2, -0.15) is 0 Å². The number of hydrogen-bond donors (Lipinski definition) is 0. The average molecular weight is 938 g/mol. The van der Waals surface area contributed by atoms with Crippen molar-refractivity contribution in [1.29, 1.82) is 0 Å². The molecule has 9 heteroatoms. The molecule has 0 bridgehead atoms. The maximum Gasteiger partial charge on any atom is 0.410 e. The van der Waals surface area contributed by atoms with E-state index in [9.17, 15) is 14.4 Å². The quantitative estimate of drug-likeness (QED) is 0.0338. The lowest BCUT2D eigenvalue weighted by Crippen LogP contribution is -2.37. The molecule has 9 nitrogen and oxygen atoms in total. The third-order valence-electron chi connectivity index (χ3n) is 13.3. The van der Waals surface area contributed by atoms with E-state index in [2.05, 4.69) is 46.7 Å². The number of esters is 2. The van der Waals surface area contributed by atoms with E-state index in [-0.39, 0.29) is 36.3 Å². The summed E-state index contributed by atoms with van der Waals surface area (Å²) < 4.78 is 23.6. The third-order valence-corrected chi connectivity index (χ3v) is 13.3. The summed E-state index contributed by atoms with van der Waals surface area (Å²) in [6, 6.07) is 0. The van der Waals surface area contributed by atoms with Crippen molar-refractivity contribution >= 4 is 18.0 Å². The fraction of sp³-hybridized carbons (Fsp3) is 0.947. The summed E-state index contributed by atoms with van der Waals surface area (Å²) in [5.74, 6) is -0.0160. The molecule has 0 aromatic carbocycles. The van der Waals surface area contributed by atoms with Crippen LogP contribution in [0.3, 0.4) is 0 Å². The molecule has 0 aliphatic carbocycles. The molecule has 0 fully saturated rings. The van der Waals surface area contributed by atoms with Crippen LogP contribution in [0.1, 0.15) is 285 Å². The summed E-state index contributed by atoms with van der Waals surface area (Å²) in [5.41, 5.74) is 0. The van der Waals surface area contributed by atoms with Crippen molar-refractivity contribution in [3.05, 3.63) is 0 Å². The van der Waals surface area contributed by atoms with Crippen LogP contribution in [0.2, 0.25) is 0 Å². The van der Waals surface area contributed by atoms with Crippen molar-refractivity contribution in [2.75, 3.05) is 47.4 Å². The number of carbonyl (C=O) groups excluding carboxylic acids is 3. The molecule has 0 aromatic heterocycles. The standard InChI is InChI=1S/C57H112N2O7/c1-8-12-16-29-40-52(41-30-17-13-9-2)64-55(60)46-35-26-22-20-24-33-44-54(66-57(62)59(50-39-48-58(5)6)49-37-28-38-51-63-7)45-34-25-21-23-27-36-47-56(61)65-53(42-31-18-14-10-3)43-32-19-15-11-4/h52-54H,8-51H2,1-7H3. The summed E-state index contributed by atoms with van der Waals surface area (Å²) in [6.07, 6.45) is 43.0. The molecule has 0 saturated carbocycles. The molecule has 0 unspecified atom stereocenters. The average Bonchev–Trinajstić information content (AvgIpc) is 3.29. The van der Waals surface area contributed by atoms with Crippen molar-refractivity contribution in [3.8, 4) is 0 Å². The zero-order chi connectivity index (χ0) is 48.6. The van der Waals surface area contributed by atoms with E-state index in [1.807, 2.05) is 4.90 Å². The topological polar surface area (TPSA) is 94.6 Å². The van der Waals surface area contributed by atoms with Crippen molar-refractivity contribution in [2.24, 2.45) is 0 Å². The summed E-state index contributed by atoms with van der Waals surface area (Å²) in [6.45, 7) is 12.1. The number of rotatable bonds is 51. The highest BCUT2D eigenvalue weighted by Crippen LogP contribution is 2.21.